The molecule has 0 saturated heterocycles. The standard InChI is InChI=1S/C12H15ClF3NO2S/c1-7(2)8(3)17-20(18,19)11-5-4-9(13)6-10(11)12(14,15)16/h4-8,17H,1-3H3. The van der Waals surface area contributed by atoms with Gasteiger partial charge in [-0.15, -0.1) is 0 Å². The summed E-state index contributed by atoms with van der Waals surface area (Å²) in [6.45, 7) is 5.12. The average molecular weight is 330 g/mol. The SMILES string of the molecule is CC(C)C(C)NS(=O)(=O)c1ccc(Cl)cc1C(F)(F)F. The first-order valence-corrected chi connectivity index (χ1v) is 7.70. The van der Waals surface area contributed by atoms with Crippen molar-refractivity contribution in [2.24, 2.45) is 5.92 Å². The zero-order chi connectivity index (χ0) is 15.7. The molecule has 0 spiro atoms. The molecule has 0 bridgehead atoms. The van der Waals surface area contributed by atoms with Gasteiger partial charge in [-0.2, -0.15) is 13.2 Å². The molecule has 20 heavy (non-hydrogen) atoms. The van der Waals surface area contributed by atoms with Crippen molar-refractivity contribution < 1.29 is 21.6 Å². The number of sulfonamides is 1. The van der Waals surface area contributed by atoms with Gasteiger partial charge in [0.25, 0.3) is 0 Å². The summed E-state index contributed by atoms with van der Waals surface area (Å²) < 4.78 is 65.1. The van der Waals surface area contributed by atoms with Gasteiger partial charge in [0, 0.05) is 11.1 Å². The van der Waals surface area contributed by atoms with Crippen molar-refractivity contribution in [3.05, 3.63) is 28.8 Å². The Hall–Kier alpha value is -0.790. The van der Waals surface area contributed by atoms with Gasteiger partial charge in [0.2, 0.25) is 10.0 Å². The van der Waals surface area contributed by atoms with Crippen molar-refractivity contribution in [1.82, 2.24) is 4.72 Å². The number of hydrogen-bond acceptors (Lipinski definition) is 2. The highest BCUT2D eigenvalue weighted by Crippen LogP contribution is 2.35. The molecule has 8 heteroatoms. The molecule has 1 rings (SSSR count). The molecule has 114 valence electrons. The van der Waals surface area contributed by atoms with Crippen molar-refractivity contribution in [2.45, 2.75) is 37.9 Å². The number of rotatable bonds is 4. The van der Waals surface area contributed by atoms with E-state index in [9.17, 15) is 21.6 Å². The minimum Gasteiger partial charge on any atom is -0.208 e. The van der Waals surface area contributed by atoms with Gasteiger partial charge in [-0.05, 0) is 31.0 Å². The molecule has 0 aromatic heterocycles. The van der Waals surface area contributed by atoms with Crippen LogP contribution in [0.3, 0.4) is 0 Å². The molecular weight excluding hydrogens is 315 g/mol. The molecule has 1 atom stereocenters. The number of alkyl halides is 3. The van der Waals surface area contributed by atoms with Crippen molar-refractivity contribution in [1.29, 1.82) is 0 Å². The number of benzene rings is 1. The maximum atomic E-state index is 12.9. The summed E-state index contributed by atoms with van der Waals surface area (Å²) in [4.78, 5) is -0.818. The van der Waals surface area contributed by atoms with Crippen LogP contribution >= 0.6 is 11.6 Å². The molecular formula is C12H15ClF3NO2S. The second-order valence-electron chi connectivity index (χ2n) is 4.79. The molecule has 0 radical (unpaired) electrons. The van der Waals surface area contributed by atoms with Crippen LogP contribution in [-0.2, 0) is 16.2 Å². The van der Waals surface area contributed by atoms with E-state index in [-0.39, 0.29) is 10.9 Å². The molecule has 0 fully saturated rings. The van der Waals surface area contributed by atoms with Crippen molar-refractivity contribution in [3.8, 4) is 0 Å². The Balaban J connectivity index is 3.32. The number of halogens is 4. The smallest absolute Gasteiger partial charge is 0.208 e. The van der Waals surface area contributed by atoms with E-state index < -0.39 is 32.7 Å². The zero-order valence-electron chi connectivity index (χ0n) is 11.1. The first kappa shape index (κ1) is 17.3. The highest BCUT2D eigenvalue weighted by atomic mass is 35.5. The first-order chi connectivity index (χ1) is 8.95. The number of hydrogen-bond donors (Lipinski definition) is 1. The third-order valence-electron chi connectivity index (χ3n) is 2.88. The van der Waals surface area contributed by atoms with E-state index in [1.807, 2.05) is 0 Å². The van der Waals surface area contributed by atoms with E-state index in [1.165, 1.54) is 0 Å². The molecule has 0 aliphatic rings. The third kappa shape index (κ3) is 4.10. The second-order valence-corrected chi connectivity index (χ2v) is 6.91. The minimum atomic E-state index is -4.80. The van der Waals surface area contributed by atoms with Crippen LogP contribution in [-0.4, -0.2) is 14.5 Å². The Labute approximate surface area is 121 Å². The lowest BCUT2D eigenvalue weighted by Crippen LogP contribution is -2.37. The topological polar surface area (TPSA) is 46.2 Å². The Morgan fingerprint density at radius 1 is 1.20 bits per heavy atom. The third-order valence-corrected chi connectivity index (χ3v) is 4.73. The van der Waals surface area contributed by atoms with Crippen molar-refractivity contribution >= 4 is 21.6 Å². The molecule has 0 heterocycles. The van der Waals surface area contributed by atoms with Crippen molar-refractivity contribution in [2.75, 3.05) is 0 Å². The summed E-state index contributed by atoms with van der Waals surface area (Å²) in [5.41, 5.74) is -1.27. The molecule has 1 unspecified atom stereocenters. The van der Waals surface area contributed by atoms with Gasteiger partial charge in [0.15, 0.2) is 0 Å². The molecule has 1 aromatic carbocycles. The van der Waals surface area contributed by atoms with Gasteiger partial charge in [0.1, 0.15) is 0 Å². The van der Waals surface area contributed by atoms with Crippen LogP contribution in [0, 0.1) is 5.92 Å². The highest BCUT2D eigenvalue weighted by Gasteiger charge is 2.37. The molecule has 0 saturated carbocycles. The fourth-order valence-corrected chi connectivity index (χ4v) is 3.17. The monoisotopic (exact) mass is 329 g/mol. The van der Waals surface area contributed by atoms with Crippen LogP contribution < -0.4 is 4.72 Å². The van der Waals surface area contributed by atoms with E-state index in [0.717, 1.165) is 12.1 Å². The summed E-state index contributed by atoms with van der Waals surface area (Å²) in [6, 6.07) is 2.10. The van der Waals surface area contributed by atoms with Gasteiger partial charge < -0.3 is 0 Å². The molecule has 0 amide bonds. The quantitative estimate of drug-likeness (QED) is 0.916. The molecule has 0 aliphatic heterocycles. The predicted molar refractivity (Wildman–Crippen MR) is 71.1 cm³/mol. The highest BCUT2D eigenvalue weighted by molar-refractivity contribution is 7.89. The van der Waals surface area contributed by atoms with E-state index in [1.54, 1.807) is 20.8 Å². The van der Waals surface area contributed by atoms with Crippen LogP contribution in [0.25, 0.3) is 0 Å². The predicted octanol–water partition coefficient (Wildman–Crippen LogP) is 3.68. The first-order valence-electron chi connectivity index (χ1n) is 5.84. The molecule has 1 N–H and O–H groups in total. The van der Waals surface area contributed by atoms with E-state index in [2.05, 4.69) is 4.72 Å². The molecule has 3 nitrogen and oxygen atoms in total. The van der Waals surface area contributed by atoms with Gasteiger partial charge in [-0.25, -0.2) is 13.1 Å². The van der Waals surface area contributed by atoms with Gasteiger partial charge >= 0.3 is 6.18 Å². The Bertz CT molecular complexity index is 585. The maximum absolute atomic E-state index is 12.9. The normalized spacial score (nSPS) is 14.6. The van der Waals surface area contributed by atoms with Gasteiger partial charge in [-0.1, -0.05) is 25.4 Å². The van der Waals surface area contributed by atoms with Crippen LogP contribution in [0.15, 0.2) is 23.1 Å². The lowest BCUT2D eigenvalue weighted by Gasteiger charge is -2.19. The largest absolute Gasteiger partial charge is 0.417 e. The van der Waals surface area contributed by atoms with Crippen molar-refractivity contribution in [3.63, 3.8) is 0 Å². The van der Waals surface area contributed by atoms with Crippen LogP contribution in [0.2, 0.25) is 5.02 Å². The lowest BCUT2D eigenvalue weighted by atomic mass is 10.1. The number of nitrogens with one attached hydrogen (secondary N) is 1. The van der Waals surface area contributed by atoms with Crippen LogP contribution in [0.1, 0.15) is 26.3 Å². The van der Waals surface area contributed by atoms with E-state index in [4.69, 9.17) is 11.6 Å². The van der Waals surface area contributed by atoms with E-state index >= 15 is 0 Å². The van der Waals surface area contributed by atoms with Gasteiger partial charge in [0.05, 0.1) is 10.5 Å². The maximum Gasteiger partial charge on any atom is 0.417 e. The fourth-order valence-electron chi connectivity index (χ4n) is 1.40. The summed E-state index contributed by atoms with van der Waals surface area (Å²) in [6.07, 6.45) is -4.80. The van der Waals surface area contributed by atoms with Gasteiger partial charge in [-0.3, -0.25) is 0 Å². The zero-order valence-corrected chi connectivity index (χ0v) is 12.7. The van der Waals surface area contributed by atoms with Crippen LogP contribution in [0.5, 0.6) is 0 Å². The summed E-state index contributed by atoms with van der Waals surface area (Å²) in [7, 11) is -4.26. The minimum absolute atomic E-state index is 0.0496. The Kier molecular flexibility index (Phi) is 5.10. The lowest BCUT2D eigenvalue weighted by molar-refractivity contribution is -0.139. The molecule has 1 aromatic rings. The van der Waals surface area contributed by atoms with Crippen LogP contribution in [0.4, 0.5) is 13.2 Å². The summed E-state index contributed by atoms with van der Waals surface area (Å²) in [5, 5.41) is -0.173. The summed E-state index contributed by atoms with van der Waals surface area (Å²) in [5.74, 6) is -0.0496. The van der Waals surface area contributed by atoms with E-state index in [0.29, 0.717) is 6.07 Å². The Morgan fingerprint density at radius 2 is 1.75 bits per heavy atom. The second kappa shape index (κ2) is 5.91. The Morgan fingerprint density at radius 3 is 2.20 bits per heavy atom. The molecule has 0 aliphatic carbocycles. The average Bonchev–Trinajstić information content (AvgIpc) is 2.26. The fraction of sp³-hybridized carbons (Fsp3) is 0.500. The summed E-state index contributed by atoms with van der Waals surface area (Å²) >= 11 is 5.51.